The van der Waals surface area contributed by atoms with Crippen molar-refractivity contribution in [3.8, 4) is 0 Å². The molecule has 1 aliphatic carbocycles. The summed E-state index contributed by atoms with van der Waals surface area (Å²) in [5, 5.41) is 6.56. The van der Waals surface area contributed by atoms with Gasteiger partial charge in [-0.2, -0.15) is 0 Å². The normalized spacial score (nSPS) is 15.4. The molecule has 6 heteroatoms. The molecule has 0 amide bonds. The number of benzene rings is 1. The van der Waals surface area contributed by atoms with E-state index in [1.165, 1.54) is 44.2 Å². The molecule has 0 unspecified atom stereocenters. The van der Waals surface area contributed by atoms with Crippen LogP contribution in [0.2, 0.25) is 0 Å². The lowest BCUT2D eigenvalue weighted by atomic mass is 9.98. The average Bonchev–Trinajstić information content (AvgIpc) is 2.65. The summed E-state index contributed by atoms with van der Waals surface area (Å²) < 4.78 is 18.8. The van der Waals surface area contributed by atoms with E-state index in [2.05, 4.69) is 15.6 Å². The van der Waals surface area contributed by atoms with Gasteiger partial charge >= 0.3 is 0 Å². The van der Waals surface area contributed by atoms with Crippen LogP contribution in [0.1, 0.15) is 56.9 Å². The first kappa shape index (κ1) is 23.1. The van der Waals surface area contributed by atoms with Crippen molar-refractivity contribution in [3.05, 3.63) is 35.6 Å². The highest BCUT2D eigenvalue weighted by Gasteiger charge is 2.12. The van der Waals surface area contributed by atoms with Crippen LogP contribution in [-0.2, 0) is 11.3 Å². The van der Waals surface area contributed by atoms with Crippen LogP contribution >= 0.6 is 24.0 Å². The summed E-state index contributed by atoms with van der Waals surface area (Å²) >= 11 is 0. The average molecular weight is 477 g/mol. The van der Waals surface area contributed by atoms with Crippen LogP contribution in [0.25, 0.3) is 0 Å². The quantitative estimate of drug-likeness (QED) is 0.236. The van der Waals surface area contributed by atoms with E-state index in [-0.39, 0.29) is 29.8 Å². The Hall–Kier alpha value is -0.890. The Morgan fingerprint density at radius 3 is 2.50 bits per heavy atom. The molecule has 2 rings (SSSR count). The molecule has 1 aromatic rings. The number of ether oxygens (including phenoxy) is 1. The zero-order valence-corrected chi connectivity index (χ0v) is 18.1. The summed E-state index contributed by atoms with van der Waals surface area (Å²) in [5.74, 6) is 0.571. The van der Waals surface area contributed by atoms with E-state index in [1.807, 2.05) is 0 Å². The van der Waals surface area contributed by atoms with E-state index in [0.29, 0.717) is 12.6 Å². The summed E-state index contributed by atoms with van der Waals surface area (Å²) in [6.07, 6.45) is 10.4. The molecule has 148 valence electrons. The monoisotopic (exact) mass is 477 g/mol. The third-order valence-corrected chi connectivity index (χ3v) is 4.62. The maximum Gasteiger partial charge on any atom is 0.191 e. The Labute approximate surface area is 174 Å². The summed E-state index contributed by atoms with van der Waals surface area (Å²) in [6.45, 7) is 2.42. The van der Waals surface area contributed by atoms with Gasteiger partial charge in [0.1, 0.15) is 5.82 Å². The first-order chi connectivity index (χ1) is 12.3. The van der Waals surface area contributed by atoms with Gasteiger partial charge in [-0.1, -0.05) is 31.4 Å². The van der Waals surface area contributed by atoms with E-state index in [0.717, 1.165) is 43.9 Å². The topological polar surface area (TPSA) is 45.7 Å². The maximum absolute atomic E-state index is 12.9. The molecule has 1 aliphatic rings. The number of nitrogens with zero attached hydrogens (tertiary/aromatic N) is 1. The standard InChI is InChI=1S/C20H32FN3O.HI/c1-22-20(24-16-17-10-12-18(21)13-11-17)23-14-6-3-7-15-25-19-8-4-2-5-9-19;/h10-13,19H,2-9,14-16H2,1H3,(H2,22,23,24);1H. The maximum atomic E-state index is 12.9. The molecule has 0 radical (unpaired) electrons. The summed E-state index contributed by atoms with van der Waals surface area (Å²) in [4.78, 5) is 4.21. The van der Waals surface area contributed by atoms with Crippen molar-refractivity contribution in [3.63, 3.8) is 0 Å². The highest BCUT2D eigenvalue weighted by Crippen LogP contribution is 2.20. The molecular formula is C20H33FIN3O. The van der Waals surface area contributed by atoms with Crippen LogP contribution in [0, 0.1) is 5.82 Å². The van der Waals surface area contributed by atoms with Crippen molar-refractivity contribution in [1.82, 2.24) is 10.6 Å². The van der Waals surface area contributed by atoms with Gasteiger partial charge in [0.2, 0.25) is 0 Å². The fourth-order valence-corrected chi connectivity index (χ4v) is 3.10. The predicted molar refractivity (Wildman–Crippen MR) is 117 cm³/mol. The van der Waals surface area contributed by atoms with Crippen molar-refractivity contribution >= 4 is 29.9 Å². The van der Waals surface area contributed by atoms with Crippen molar-refractivity contribution in [2.24, 2.45) is 4.99 Å². The lowest BCUT2D eigenvalue weighted by Crippen LogP contribution is -2.37. The van der Waals surface area contributed by atoms with E-state index < -0.39 is 0 Å². The molecule has 4 nitrogen and oxygen atoms in total. The molecule has 0 aromatic heterocycles. The van der Waals surface area contributed by atoms with E-state index in [1.54, 1.807) is 19.2 Å². The molecule has 1 saturated carbocycles. The van der Waals surface area contributed by atoms with Gasteiger partial charge in [0.25, 0.3) is 0 Å². The van der Waals surface area contributed by atoms with Gasteiger partial charge in [-0.15, -0.1) is 24.0 Å². The molecule has 2 N–H and O–H groups in total. The number of hydrogen-bond acceptors (Lipinski definition) is 2. The molecule has 0 aliphatic heterocycles. The second-order valence-electron chi connectivity index (χ2n) is 6.67. The van der Waals surface area contributed by atoms with E-state index >= 15 is 0 Å². The second kappa shape index (κ2) is 14.2. The predicted octanol–water partition coefficient (Wildman–Crippen LogP) is 4.63. The Kier molecular flexibility index (Phi) is 12.6. The number of guanidine groups is 1. The van der Waals surface area contributed by atoms with Crippen molar-refractivity contribution in [2.45, 2.75) is 64.0 Å². The number of aliphatic imine (C=N–C) groups is 1. The molecular weight excluding hydrogens is 444 g/mol. The van der Waals surface area contributed by atoms with Gasteiger partial charge in [-0.05, 0) is 49.8 Å². The van der Waals surface area contributed by atoms with Crippen LogP contribution in [-0.4, -0.2) is 32.3 Å². The minimum Gasteiger partial charge on any atom is -0.378 e. The number of hydrogen-bond donors (Lipinski definition) is 2. The largest absolute Gasteiger partial charge is 0.378 e. The Morgan fingerprint density at radius 1 is 1.08 bits per heavy atom. The van der Waals surface area contributed by atoms with Crippen molar-refractivity contribution in [2.75, 3.05) is 20.2 Å². The molecule has 0 spiro atoms. The lowest BCUT2D eigenvalue weighted by Gasteiger charge is -2.21. The number of nitrogens with one attached hydrogen (secondary N) is 2. The first-order valence-electron chi connectivity index (χ1n) is 9.58. The molecule has 0 bridgehead atoms. The minimum atomic E-state index is -0.210. The molecule has 26 heavy (non-hydrogen) atoms. The van der Waals surface area contributed by atoms with Gasteiger partial charge in [0.05, 0.1) is 6.10 Å². The van der Waals surface area contributed by atoms with Crippen LogP contribution < -0.4 is 10.6 Å². The molecule has 0 heterocycles. The number of rotatable bonds is 9. The van der Waals surface area contributed by atoms with E-state index in [4.69, 9.17) is 4.74 Å². The van der Waals surface area contributed by atoms with Crippen molar-refractivity contribution < 1.29 is 9.13 Å². The number of unbranched alkanes of at least 4 members (excludes halogenated alkanes) is 2. The van der Waals surface area contributed by atoms with Crippen LogP contribution in [0.15, 0.2) is 29.3 Å². The first-order valence-corrected chi connectivity index (χ1v) is 9.58. The van der Waals surface area contributed by atoms with Crippen LogP contribution in [0.4, 0.5) is 4.39 Å². The highest BCUT2D eigenvalue weighted by molar-refractivity contribution is 14.0. The van der Waals surface area contributed by atoms with Gasteiger partial charge in [-0.3, -0.25) is 4.99 Å². The molecule has 1 fully saturated rings. The Balaban J connectivity index is 0.00000338. The van der Waals surface area contributed by atoms with E-state index in [9.17, 15) is 4.39 Å². The molecule has 1 aromatic carbocycles. The smallest absolute Gasteiger partial charge is 0.191 e. The highest BCUT2D eigenvalue weighted by atomic mass is 127. The third-order valence-electron chi connectivity index (χ3n) is 4.62. The fraction of sp³-hybridized carbons (Fsp3) is 0.650. The van der Waals surface area contributed by atoms with Crippen LogP contribution in [0.3, 0.4) is 0 Å². The summed E-state index contributed by atoms with van der Waals surface area (Å²) in [6, 6.07) is 6.51. The molecule has 0 atom stereocenters. The SMILES string of the molecule is CN=C(NCCCCCOC1CCCCC1)NCc1ccc(F)cc1.I. The van der Waals surface area contributed by atoms with Crippen LogP contribution in [0.5, 0.6) is 0 Å². The van der Waals surface area contributed by atoms with Gasteiger partial charge in [-0.25, -0.2) is 4.39 Å². The zero-order valence-electron chi connectivity index (χ0n) is 15.8. The second-order valence-corrected chi connectivity index (χ2v) is 6.67. The summed E-state index contributed by atoms with van der Waals surface area (Å²) in [7, 11) is 1.76. The Bertz CT molecular complexity index is 504. The summed E-state index contributed by atoms with van der Waals surface area (Å²) in [5.41, 5.74) is 1.03. The zero-order chi connectivity index (χ0) is 17.7. The van der Waals surface area contributed by atoms with Gasteiger partial charge < -0.3 is 15.4 Å². The number of halogens is 2. The fourth-order valence-electron chi connectivity index (χ4n) is 3.10. The minimum absolute atomic E-state index is 0. The van der Waals surface area contributed by atoms with Gasteiger partial charge in [0.15, 0.2) is 5.96 Å². The van der Waals surface area contributed by atoms with Gasteiger partial charge in [0, 0.05) is 26.7 Å². The third kappa shape index (κ3) is 9.71. The molecule has 0 saturated heterocycles. The lowest BCUT2D eigenvalue weighted by molar-refractivity contribution is 0.0264. The Morgan fingerprint density at radius 2 is 1.81 bits per heavy atom. The van der Waals surface area contributed by atoms with Crippen molar-refractivity contribution in [1.29, 1.82) is 0 Å².